The summed E-state index contributed by atoms with van der Waals surface area (Å²) in [5.41, 5.74) is 3.39. The lowest BCUT2D eigenvalue weighted by Gasteiger charge is -2.17. The SMILES string of the molecule is Cc1ccc(-c2csc(Cc3noc(C4CCOCC4)n3)n2)cc1. The molecule has 3 heterocycles. The summed E-state index contributed by atoms with van der Waals surface area (Å²) in [4.78, 5) is 9.26. The molecular formula is C18H19N3O2S. The molecule has 0 radical (unpaired) electrons. The molecule has 0 amide bonds. The predicted molar refractivity (Wildman–Crippen MR) is 92.2 cm³/mol. The summed E-state index contributed by atoms with van der Waals surface area (Å²) >= 11 is 1.64. The molecule has 0 N–H and O–H groups in total. The zero-order chi connectivity index (χ0) is 16.4. The molecule has 0 bridgehead atoms. The second-order valence-corrected chi connectivity index (χ2v) is 7.05. The van der Waals surface area contributed by atoms with Crippen molar-refractivity contribution in [3.63, 3.8) is 0 Å². The van der Waals surface area contributed by atoms with E-state index in [-0.39, 0.29) is 0 Å². The molecule has 0 spiro atoms. The van der Waals surface area contributed by atoms with Crippen molar-refractivity contribution in [1.82, 2.24) is 15.1 Å². The normalized spacial score (nSPS) is 15.7. The molecule has 1 fully saturated rings. The van der Waals surface area contributed by atoms with Gasteiger partial charge in [-0.05, 0) is 19.8 Å². The van der Waals surface area contributed by atoms with Gasteiger partial charge in [-0.1, -0.05) is 35.0 Å². The number of aryl methyl sites for hydroxylation is 1. The van der Waals surface area contributed by atoms with E-state index in [0.29, 0.717) is 18.2 Å². The average Bonchev–Trinajstić information content (AvgIpc) is 3.27. The monoisotopic (exact) mass is 341 g/mol. The van der Waals surface area contributed by atoms with Crippen LogP contribution in [-0.4, -0.2) is 28.3 Å². The topological polar surface area (TPSA) is 61.0 Å². The van der Waals surface area contributed by atoms with E-state index >= 15 is 0 Å². The van der Waals surface area contributed by atoms with E-state index in [1.54, 1.807) is 11.3 Å². The van der Waals surface area contributed by atoms with E-state index in [1.807, 2.05) is 0 Å². The quantitative estimate of drug-likeness (QED) is 0.718. The zero-order valence-corrected chi connectivity index (χ0v) is 14.4. The molecule has 24 heavy (non-hydrogen) atoms. The van der Waals surface area contributed by atoms with Crippen molar-refractivity contribution in [2.45, 2.75) is 32.1 Å². The molecule has 0 unspecified atom stereocenters. The Hall–Kier alpha value is -2.05. The van der Waals surface area contributed by atoms with Gasteiger partial charge in [0.15, 0.2) is 5.82 Å². The maximum Gasteiger partial charge on any atom is 0.229 e. The standard InChI is InChI=1S/C18H19N3O2S/c1-12-2-4-13(5-3-12)15-11-24-17(19-15)10-16-20-18(23-21-16)14-6-8-22-9-7-14/h2-5,11,14H,6-10H2,1H3. The Balaban J connectivity index is 1.46. The van der Waals surface area contributed by atoms with E-state index in [9.17, 15) is 0 Å². The Labute approximate surface area is 144 Å². The third kappa shape index (κ3) is 3.39. The second kappa shape index (κ2) is 6.83. The van der Waals surface area contributed by atoms with E-state index in [1.165, 1.54) is 5.56 Å². The first kappa shape index (κ1) is 15.5. The van der Waals surface area contributed by atoms with Crippen molar-refractivity contribution in [3.8, 4) is 11.3 Å². The van der Waals surface area contributed by atoms with Crippen LogP contribution in [0.2, 0.25) is 0 Å². The number of nitrogens with zero attached hydrogens (tertiary/aromatic N) is 3. The molecule has 6 heteroatoms. The van der Waals surface area contributed by atoms with Gasteiger partial charge in [0.2, 0.25) is 5.89 Å². The maximum absolute atomic E-state index is 5.44. The van der Waals surface area contributed by atoms with Crippen molar-refractivity contribution in [2.75, 3.05) is 13.2 Å². The van der Waals surface area contributed by atoms with Crippen LogP contribution in [0.1, 0.15) is 41.0 Å². The van der Waals surface area contributed by atoms with Crippen molar-refractivity contribution >= 4 is 11.3 Å². The molecule has 1 aliphatic heterocycles. The largest absolute Gasteiger partial charge is 0.381 e. The Kier molecular flexibility index (Phi) is 4.40. The van der Waals surface area contributed by atoms with Crippen molar-refractivity contribution in [2.24, 2.45) is 0 Å². The highest BCUT2D eigenvalue weighted by molar-refractivity contribution is 7.10. The molecule has 3 aromatic rings. The number of rotatable bonds is 4. The Morgan fingerprint density at radius 1 is 1.12 bits per heavy atom. The summed E-state index contributed by atoms with van der Waals surface area (Å²) in [6.45, 7) is 3.63. The minimum Gasteiger partial charge on any atom is -0.381 e. The van der Waals surface area contributed by atoms with Gasteiger partial charge in [-0.2, -0.15) is 4.98 Å². The van der Waals surface area contributed by atoms with Crippen LogP contribution in [0.5, 0.6) is 0 Å². The van der Waals surface area contributed by atoms with Crippen LogP contribution in [0, 0.1) is 6.92 Å². The van der Waals surface area contributed by atoms with Crippen LogP contribution >= 0.6 is 11.3 Å². The predicted octanol–water partition coefficient (Wildman–Crippen LogP) is 3.99. The minimum atomic E-state index is 0.333. The van der Waals surface area contributed by atoms with Gasteiger partial charge in [-0.3, -0.25) is 0 Å². The number of hydrogen-bond acceptors (Lipinski definition) is 6. The molecule has 0 aliphatic carbocycles. The van der Waals surface area contributed by atoms with Gasteiger partial charge in [0.1, 0.15) is 5.01 Å². The Morgan fingerprint density at radius 2 is 1.92 bits per heavy atom. The highest BCUT2D eigenvalue weighted by Crippen LogP contribution is 2.27. The Bertz CT molecular complexity index is 804. The van der Waals surface area contributed by atoms with Gasteiger partial charge in [-0.25, -0.2) is 4.98 Å². The van der Waals surface area contributed by atoms with Crippen molar-refractivity contribution in [3.05, 3.63) is 51.9 Å². The van der Waals surface area contributed by atoms with Crippen molar-refractivity contribution < 1.29 is 9.26 Å². The van der Waals surface area contributed by atoms with Crippen LogP contribution in [0.3, 0.4) is 0 Å². The molecule has 0 atom stereocenters. The van der Waals surface area contributed by atoms with Crippen LogP contribution in [0.15, 0.2) is 34.2 Å². The summed E-state index contributed by atoms with van der Waals surface area (Å²) in [6.07, 6.45) is 2.52. The lowest BCUT2D eigenvalue weighted by molar-refractivity contribution is 0.0778. The molecule has 0 saturated carbocycles. The molecular weight excluding hydrogens is 322 g/mol. The summed E-state index contributed by atoms with van der Waals surface area (Å²) < 4.78 is 10.8. The van der Waals surface area contributed by atoms with E-state index in [0.717, 1.165) is 48.2 Å². The second-order valence-electron chi connectivity index (χ2n) is 6.10. The number of benzene rings is 1. The average molecular weight is 341 g/mol. The molecule has 5 nitrogen and oxygen atoms in total. The number of ether oxygens (including phenoxy) is 1. The zero-order valence-electron chi connectivity index (χ0n) is 13.6. The first-order valence-corrected chi connectivity index (χ1v) is 9.07. The number of hydrogen-bond donors (Lipinski definition) is 0. The van der Waals surface area contributed by atoms with Gasteiger partial charge in [0.05, 0.1) is 12.1 Å². The molecule has 2 aromatic heterocycles. The van der Waals surface area contributed by atoms with Gasteiger partial charge < -0.3 is 9.26 Å². The fourth-order valence-electron chi connectivity index (χ4n) is 2.83. The van der Waals surface area contributed by atoms with Gasteiger partial charge in [0, 0.05) is 30.1 Å². The Morgan fingerprint density at radius 3 is 2.71 bits per heavy atom. The maximum atomic E-state index is 5.44. The molecule has 1 aliphatic rings. The smallest absolute Gasteiger partial charge is 0.229 e. The van der Waals surface area contributed by atoms with E-state index in [4.69, 9.17) is 14.2 Å². The third-order valence-corrected chi connectivity index (χ3v) is 5.11. The summed E-state index contributed by atoms with van der Waals surface area (Å²) in [5.74, 6) is 1.78. The summed E-state index contributed by atoms with van der Waals surface area (Å²) in [6, 6.07) is 8.42. The number of aromatic nitrogens is 3. The first-order valence-electron chi connectivity index (χ1n) is 8.19. The van der Waals surface area contributed by atoms with Crippen LogP contribution in [0.4, 0.5) is 0 Å². The lowest BCUT2D eigenvalue weighted by atomic mass is 10.0. The summed E-state index contributed by atoms with van der Waals surface area (Å²) in [5, 5.41) is 7.21. The molecule has 124 valence electrons. The van der Waals surface area contributed by atoms with Gasteiger partial charge in [0.25, 0.3) is 0 Å². The highest BCUT2D eigenvalue weighted by atomic mass is 32.1. The molecule has 1 aromatic carbocycles. The fourth-order valence-corrected chi connectivity index (χ4v) is 3.63. The summed E-state index contributed by atoms with van der Waals surface area (Å²) in [7, 11) is 0. The van der Waals surface area contributed by atoms with E-state index < -0.39 is 0 Å². The molecule has 4 rings (SSSR count). The van der Waals surface area contributed by atoms with Gasteiger partial charge in [-0.15, -0.1) is 11.3 Å². The van der Waals surface area contributed by atoms with Crippen LogP contribution in [0.25, 0.3) is 11.3 Å². The van der Waals surface area contributed by atoms with Crippen LogP contribution in [-0.2, 0) is 11.2 Å². The first-order chi connectivity index (χ1) is 11.8. The number of thiazole rings is 1. The minimum absolute atomic E-state index is 0.333. The fraction of sp³-hybridized carbons (Fsp3) is 0.389. The van der Waals surface area contributed by atoms with Crippen molar-refractivity contribution in [1.29, 1.82) is 0 Å². The van der Waals surface area contributed by atoms with Crippen LogP contribution < -0.4 is 0 Å². The lowest BCUT2D eigenvalue weighted by Crippen LogP contribution is -2.14. The third-order valence-electron chi connectivity index (χ3n) is 4.26. The van der Waals surface area contributed by atoms with E-state index in [2.05, 4.69) is 46.7 Å². The van der Waals surface area contributed by atoms with Gasteiger partial charge >= 0.3 is 0 Å². The highest BCUT2D eigenvalue weighted by Gasteiger charge is 2.22. The molecule has 1 saturated heterocycles.